The molecule has 4 aliphatic rings. The van der Waals surface area contributed by atoms with Gasteiger partial charge in [-0.15, -0.1) is 0 Å². The number of aldehydes is 1. The summed E-state index contributed by atoms with van der Waals surface area (Å²) in [5.41, 5.74) is 1.64. The van der Waals surface area contributed by atoms with Gasteiger partial charge in [-0.3, -0.25) is 0 Å². The molecule has 2 bridgehead atoms. The maximum Gasteiger partial charge on any atom is 0.123 e. The fraction of sp³-hybridized carbons (Fsp3) is 0.950. The van der Waals surface area contributed by atoms with Crippen molar-refractivity contribution in [1.82, 2.24) is 0 Å². The van der Waals surface area contributed by atoms with Gasteiger partial charge in [-0.05, 0) is 85.4 Å². The van der Waals surface area contributed by atoms with Crippen LogP contribution in [0.4, 0.5) is 0 Å². The molecule has 0 amide bonds. The summed E-state index contributed by atoms with van der Waals surface area (Å²) >= 11 is 0. The standard InChI is InChI=1S/C20H32O/c1-18(2)8-4-9-19(3)16(18)7-10-20-11-14(5-6-17(19)20)15(12-20)13-21/h13-17H,4-12H2,1-3H3/t14?,15?,16-,17+,19?,20?/m1/s1. The second-order valence-corrected chi connectivity index (χ2v) is 9.90. The van der Waals surface area contributed by atoms with Crippen LogP contribution in [0.2, 0.25) is 0 Å². The van der Waals surface area contributed by atoms with Gasteiger partial charge in [-0.25, -0.2) is 0 Å². The Kier molecular flexibility index (Phi) is 2.96. The van der Waals surface area contributed by atoms with E-state index in [-0.39, 0.29) is 0 Å². The fourth-order valence-electron chi connectivity index (χ4n) is 7.98. The second-order valence-electron chi connectivity index (χ2n) is 9.90. The van der Waals surface area contributed by atoms with Crippen LogP contribution < -0.4 is 0 Å². The monoisotopic (exact) mass is 288 g/mol. The highest BCUT2D eigenvalue weighted by atomic mass is 16.1. The van der Waals surface area contributed by atoms with E-state index in [9.17, 15) is 4.79 Å². The summed E-state index contributed by atoms with van der Waals surface area (Å²) in [7, 11) is 0. The summed E-state index contributed by atoms with van der Waals surface area (Å²) in [6.45, 7) is 7.70. The van der Waals surface area contributed by atoms with Crippen LogP contribution in [0.1, 0.15) is 78.6 Å². The van der Waals surface area contributed by atoms with Gasteiger partial charge in [0.05, 0.1) is 0 Å². The molecule has 4 unspecified atom stereocenters. The van der Waals surface area contributed by atoms with Crippen molar-refractivity contribution in [3.63, 3.8) is 0 Å². The zero-order valence-corrected chi connectivity index (χ0v) is 14.2. The first-order valence-electron chi connectivity index (χ1n) is 9.37. The Morgan fingerprint density at radius 1 is 0.905 bits per heavy atom. The number of hydrogen-bond acceptors (Lipinski definition) is 1. The zero-order valence-electron chi connectivity index (χ0n) is 14.2. The van der Waals surface area contributed by atoms with Crippen LogP contribution in [-0.2, 0) is 4.79 Å². The number of hydrogen-bond donors (Lipinski definition) is 0. The summed E-state index contributed by atoms with van der Waals surface area (Å²) in [6, 6.07) is 0. The summed E-state index contributed by atoms with van der Waals surface area (Å²) in [6.07, 6.45) is 13.8. The van der Waals surface area contributed by atoms with Gasteiger partial charge in [-0.1, -0.05) is 27.2 Å². The van der Waals surface area contributed by atoms with E-state index in [2.05, 4.69) is 20.8 Å². The highest BCUT2D eigenvalue weighted by Gasteiger charge is 2.63. The molecule has 0 saturated heterocycles. The molecule has 0 radical (unpaired) electrons. The average Bonchev–Trinajstić information content (AvgIpc) is 2.68. The highest BCUT2D eigenvalue weighted by molar-refractivity contribution is 5.55. The molecule has 6 atom stereocenters. The van der Waals surface area contributed by atoms with Crippen LogP contribution in [0, 0.1) is 39.9 Å². The van der Waals surface area contributed by atoms with Gasteiger partial charge in [0.1, 0.15) is 6.29 Å². The van der Waals surface area contributed by atoms with Crippen molar-refractivity contribution in [3.05, 3.63) is 0 Å². The first-order valence-corrected chi connectivity index (χ1v) is 9.37. The van der Waals surface area contributed by atoms with Crippen molar-refractivity contribution in [2.24, 2.45) is 39.9 Å². The number of rotatable bonds is 1. The molecule has 0 heterocycles. The van der Waals surface area contributed by atoms with E-state index in [1.807, 2.05) is 0 Å². The quantitative estimate of drug-likeness (QED) is 0.603. The number of fused-ring (bicyclic) bond motifs is 3. The molecule has 4 fully saturated rings. The molecule has 4 aliphatic carbocycles. The Bertz CT molecular complexity index is 453. The SMILES string of the molecule is CC1(C)CCCC2(C)[C@@H]1CCC13CC(C=O)C(CC[C@H]12)C3. The van der Waals surface area contributed by atoms with Crippen LogP contribution in [0.15, 0.2) is 0 Å². The molecular formula is C20H32O. The van der Waals surface area contributed by atoms with Crippen LogP contribution in [0.3, 0.4) is 0 Å². The van der Waals surface area contributed by atoms with E-state index in [0.717, 1.165) is 17.8 Å². The molecule has 4 saturated carbocycles. The summed E-state index contributed by atoms with van der Waals surface area (Å²) in [5, 5.41) is 0. The number of carbonyl (C=O) groups is 1. The lowest BCUT2D eigenvalue weighted by Gasteiger charge is -2.64. The van der Waals surface area contributed by atoms with E-state index in [1.54, 1.807) is 0 Å². The van der Waals surface area contributed by atoms with Crippen molar-refractivity contribution in [3.8, 4) is 0 Å². The van der Waals surface area contributed by atoms with Crippen molar-refractivity contribution >= 4 is 6.29 Å². The molecule has 0 aromatic rings. The lowest BCUT2D eigenvalue weighted by Crippen LogP contribution is -2.55. The van der Waals surface area contributed by atoms with Crippen molar-refractivity contribution in [1.29, 1.82) is 0 Å². The normalized spacial score (nSPS) is 54.6. The third kappa shape index (κ3) is 1.78. The fourth-order valence-corrected chi connectivity index (χ4v) is 7.98. The molecule has 1 nitrogen and oxygen atoms in total. The minimum Gasteiger partial charge on any atom is -0.303 e. The first-order chi connectivity index (χ1) is 9.91. The minimum atomic E-state index is 0.395. The van der Waals surface area contributed by atoms with Crippen molar-refractivity contribution < 1.29 is 4.79 Å². The Balaban J connectivity index is 1.71. The predicted molar refractivity (Wildman–Crippen MR) is 85.9 cm³/mol. The molecule has 21 heavy (non-hydrogen) atoms. The predicted octanol–water partition coefficient (Wildman–Crippen LogP) is 5.23. The van der Waals surface area contributed by atoms with Crippen LogP contribution >= 0.6 is 0 Å². The zero-order chi connectivity index (χ0) is 14.9. The van der Waals surface area contributed by atoms with Gasteiger partial charge >= 0.3 is 0 Å². The largest absolute Gasteiger partial charge is 0.303 e. The van der Waals surface area contributed by atoms with E-state index in [4.69, 9.17) is 0 Å². The molecule has 0 aromatic heterocycles. The molecule has 1 spiro atoms. The summed E-state index contributed by atoms with van der Waals surface area (Å²) in [5.74, 6) is 2.95. The van der Waals surface area contributed by atoms with Gasteiger partial charge < -0.3 is 4.79 Å². The Hall–Kier alpha value is -0.330. The van der Waals surface area contributed by atoms with Crippen molar-refractivity contribution in [2.75, 3.05) is 0 Å². The Morgan fingerprint density at radius 2 is 1.71 bits per heavy atom. The highest BCUT2D eigenvalue weighted by Crippen LogP contribution is 2.72. The minimum absolute atomic E-state index is 0.395. The Morgan fingerprint density at radius 3 is 2.48 bits per heavy atom. The maximum atomic E-state index is 11.5. The van der Waals surface area contributed by atoms with E-state index in [0.29, 0.717) is 22.2 Å². The van der Waals surface area contributed by atoms with Crippen LogP contribution in [0.25, 0.3) is 0 Å². The second kappa shape index (κ2) is 4.36. The molecule has 0 aromatic carbocycles. The van der Waals surface area contributed by atoms with Gasteiger partial charge in [0.2, 0.25) is 0 Å². The molecule has 0 aliphatic heterocycles. The molecule has 118 valence electrons. The van der Waals surface area contributed by atoms with Crippen molar-refractivity contribution in [2.45, 2.75) is 78.6 Å². The van der Waals surface area contributed by atoms with E-state index >= 15 is 0 Å². The van der Waals surface area contributed by atoms with Gasteiger partial charge in [0, 0.05) is 5.92 Å². The van der Waals surface area contributed by atoms with Crippen LogP contribution in [-0.4, -0.2) is 6.29 Å². The summed E-state index contributed by atoms with van der Waals surface area (Å²) in [4.78, 5) is 11.5. The van der Waals surface area contributed by atoms with E-state index in [1.165, 1.54) is 64.1 Å². The van der Waals surface area contributed by atoms with Gasteiger partial charge in [-0.2, -0.15) is 0 Å². The molecule has 1 heteroatoms. The average molecular weight is 288 g/mol. The molecular weight excluding hydrogens is 256 g/mol. The van der Waals surface area contributed by atoms with E-state index < -0.39 is 0 Å². The lowest BCUT2D eigenvalue weighted by atomic mass is 9.41. The number of carbonyl (C=O) groups excluding carboxylic acids is 1. The lowest BCUT2D eigenvalue weighted by molar-refractivity contribution is -0.144. The third-order valence-electron chi connectivity index (χ3n) is 8.66. The van der Waals surface area contributed by atoms with Gasteiger partial charge in [0.15, 0.2) is 0 Å². The molecule has 4 rings (SSSR count). The third-order valence-corrected chi connectivity index (χ3v) is 8.66. The first kappa shape index (κ1) is 14.3. The summed E-state index contributed by atoms with van der Waals surface area (Å²) < 4.78 is 0. The van der Waals surface area contributed by atoms with Crippen LogP contribution in [0.5, 0.6) is 0 Å². The molecule has 0 N–H and O–H groups in total. The van der Waals surface area contributed by atoms with Gasteiger partial charge in [0.25, 0.3) is 0 Å². The maximum absolute atomic E-state index is 11.5. The smallest absolute Gasteiger partial charge is 0.123 e. The Labute approximate surface area is 130 Å². The topological polar surface area (TPSA) is 17.1 Å².